The lowest BCUT2D eigenvalue weighted by Crippen LogP contribution is -2.36. The predicted molar refractivity (Wildman–Crippen MR) is 59.7 cm³/mol. The molecule has 0 aliphatic carbocycles. The van der Waals surface area contributed by atoms with Crippen molar-refractivity contribution in [3.63, 3.8) is 0 Å². The maximum absolute atomic E-state index is 11.8. The van der Waals surface area contributed by atoms with Crippen molar-refractivity contribution in [2.45, 2.75) is 0 Å². The van der Waals surface area contributed by atoms with E-state index < -0.39 is 23.8 Å². The van der Waals surface area contributed by atoms with Crippen LogP contribution in [0.5, 0.6) is 6.01 Å². The zero-order valence-corrected chi connectivity index (χ0v) is 9.63. The highest BCUT2D eigenvalue weighted by Gasteiger charge is 2.14. The average molecular weight is 254 g/mol. The normalized spacial score (nSPS) is 10.8. The van der Waals surface area contributed by atoms with E-state index in [0.29, 0.717) is 0 Å². The van der Waals surface area contributed by atoms with Crippen molar-refractivity contribution < 1.29 is 14.6 Å². The van der Waals surface area contributed by atoms with E-state index in [2.05, 4.69) is 9.97 Å². The largest absolute Gasteiger partial charge is 0.479 e. The van der Waals surface area contributed by atoms with Crippen molar-refractivity contribution in [1.82, 2.24) is 19.1 Å². The third kappa shape index (κ3) is 1.75. The van der Waals surface area contributed by atoms with Gasteiger partial charge in [0.15, 0.2) is 17.8 Å². The summed E-state index contributed by atoms with van der Waals surface area (Å²) in [5.41, 5.74) is -0.877. The van der Waals surface area contributed by atoms with E-state index in [1.165, 1.54) is 18.7 Å². The first kappa shape index (κ1) is 11.9. The second kappa shape index (κ2) is 4.02. The fourth-order valence-corrected chi connectivity index (χ4v) is 1.50. The number of aliphatic carboxylic acids is 1. The topological polar surface area (TPSA) is 119 Å². The number of hydrogen-bond acceptors (Lipinski definition) is 5. The van der Waals surface area contributed by atoms with Gasteiger partial charge in [-0.1, -0.05) is 0 Å². The molecule has 2 aromatic heterocycles. The third-order valence-electron chi connectivity index (χ3n) is 2.41. The molecule has 0 radical (unpaired) electrons. The van der Waals surface area contributed by atoms with Gasteiger partial charge >= 0.3 is 11.7 Å². The van der Waals surface area contributed by atoms with E-state index in [-0.39, 0.29) is 17.2 Å². The lowest BCUT2D eigenvalue weighted by atomic mass is 10.5. The maximum Gasteiger partial charge on any atom is 0.341 e. The van der Waals surface area contributed by atoms with Crippen molar-refractivity contribution in [2.75, 3.05) is 6.61 Å². The van der Waals surface area contributed by atoms with Crippen LogP contribution in [0.15, 0.2) is 9.59 Å². The molecule has 0 saturated heterocycles. The first-order valence-corrected chi connectivity index (χ1v) is 4.92. The Hall–Kier alpha value is -2.58. The number of aromatic nitrogens is 4. The number of fused-ring (bicyclic) bond motifs is 1. The SMILES string of the molecule is Cn1c(=O)c2[nH]c(OCC(=O)O)nc2n(C)c1=O. The summed E-state index contributed by atoms with van der Waals surface area (Å²) in [6.45, 7) is -0.589. The zero-order chi connectivity index (χ0) is 13.4. The highest BCUT2D eigenvalue weighted by Crippen LogP contribution is 2.09. The standard InChI is InChI=1S/C9H10N4O5/c1-12-6-5(7(16)13(2)9(12)17)10-8(11-6)18-3-4(14)15/h3H2,1-2H3,(H,10,11)(H,14,15). The highest BCUT2D eigenvalue weighted by atomic mass is 16.5. The van der Waals surface area contributed by atoms with Gasteiger partial charge < -0.3 is 14.8 Å². The van der Waals surface area contributed by atoms with Gasteiger partial charge in [0.05, 0.1) is 0 Å². The fraction of sp³-hybridized carbons (Fsp3) is 0.333. The smallest absolute Gasteiger partial charge is 0.341 e. The van der Waals surface area contributed by atoms with Crippen LogP contribution >= 0.6 is 0 Å². The number of imidazole rings is 1. The second-order valence-corrected chi connectivity index (χ2v) is 3.63. The van der Waals surface area contributed by atoms with Crippen molar-refractivity contribution in [2.24, 2.45) is 14.1 Å². The number of nitrogens with zero attached hydrogens (tertiary/aromatic N) is 3. The Labute approximate surface area is 99.3 Å². The van der Waals surface area contributed by atoms with Crippen LogP contribution in [0.4, 0.5) is 0 Å². The minimum absolute atomic E-state index is 0.0833. The van der Waals surface area contributed by atoms with Crippen molar-refractivity contribution in [3.8, 4) is 6.01 Å². The summed E-state index contributed by atoms with van der Waals surface area (Å²) in [6, 6.07) is -0.120. The van der Waals surface area contributed by atoms with Crippen molar-refractivity contribution in [1.29, 1.82) is 0 Å². The molecule has 0 unspecified atom stereocenters. The number of carboxylic acids is 1. The molecule has 2 N–H and O–H groups in total. The molecule has 0 aromatic carbocycles. The maximum atomic E-state index is 11.8. The number of rotatable bonds is 3. The molecule has 0 fully saturated rings. The molecule has 96 valence electrons. The molecule has 0 atom stereocenters. The number of carbonyl (C=O) groups is 1. The Morgan fingerprint density at radius 2 is 2.06 bits per heavy atom. The summed E-state index contributed by atoms with van der Waals surface area (Å²) in [4.78, 5) is 40.1. The molecule has 9 heteroatoms. The van der Waals surface area contributed by atoms with Gasteiger partial charge in [-0.05, 0) is 0 Å². The predicted octanol–water partition coefficient (Wildman–Crippen LogP) is -1.58. The Morgan fingerprint density at radius 1 is 1.39 bits per heavy atom. The van der Waals surface area contributed by atoms with E-state index in [0.717, 1.165) is 4.57 Å². The highest BCUT2D eigenvalue weighted by molar-refractivity contribution is 5.71. The molecule has 2 rings (SSSR count). The van der Waals surface area contributed by atoms with E-state index in [1.807, 2.05) is 0 Å². The monoisotopic (exact) mass is 254 g/mol. The van der Waals surface area contributed by atoms with Gasteiger partial charge in [0.25, 0.3) is 11.6 Å². The second-order valence-electron chi connectivity index (χ2n) is 3.63. The van der Waals surface area contributed by atoms with E-state index >= 15 is 0 Å². The van der Waals surface area contributed by atoms with E-state index in [9.17, 15) is 14.4 Å². The van der Waals surface area contributed by atoms with E-state index in [4.69, 9.17) is 9.84 Å². The molecule has 0 spiro atoms. The van der Waals surface area contributed by atoms with Crippen molar-refractivity contribution >= 4 is 17.1 Å². The van der Waals surface area contributed by atoms with Crippen molar-refractivity contribution in [3.05, 3.63) is 20.8 Å². The number of ether oxygens (including phenoxy) is 1. The summed E-state index contributed by atoms with van der Waals surface area (Å²) >= 11 is 0. The lowest BCUT2D eigenvalue weighted by Gasteiger charge is -2.00. The van der Waals surface area contributed by atoms with Crippen LogP contribution in [-0.4, -0.2) is 36.8 Å². The minimum Gasteiger partial charge on any atom is -0.479 e. The van der Waals surface area contributed by atoms with Gasteiger partial charge in [0, 0.05) is 14.1 Å². The van der Waals surface area contributed by atoms with Gasteiger partial charge in [0.1, 0.15) is 0 Å². The number of aryl methyl sites for hydroxylation is 1. The molecular weight excluding hydrogens is 244 g/mol. The van der Waals surface area contributed by atoms with Gasteiger partial charge in [-0.15, -0.1) is 0 Å². The van der Waals surface area contributed by atoms with E-state index in [1.54, 1.807) is 0 Å². The van der Waals surface area contributed by atoms with Gasteiger partial charge in [0.2, 0.25) is 0 Å². The Bertz CT molecular complexity index is 738. The lowest BCUT2D eigenvalue weighted by molar-refractivity contribution is -0.139. The quantitative estimate of drug-likeness (QED) is 0.682. The summed E-state index contributed by atoms with van der Waals surface area (Å²) in [6.07, 6.45) is 0. The molecule has 0 bridgehead atoms. The molecule has 0 aliphatic heterocycles. The molecule has 0 saturated carbocycles. The van der Waals surface area contributed by atoms with Crippen LogP contribution in [0.1, 0.15) is 0 Å². The van der Waals surface area contributed by atoms with Crippen LogP contribution in [0.25, 0.3) is 11.2 Å². The molecule has 2 aromatic rings. The van der Waals surface area contributed by atoms with Gasteiger partial charge in [-0.2, -0.15) is 4.98 Å². The molecule has 0 aliphatic rings. The molecule has 2 heterocycles. The van der Waals surface area contributed by atoms with Crippen LogP contribution in [-0.2, 0) is 18.9 Å². The molecule has 18 heavy (non-hydrogen) atoms. The average Bonchev–Trinajstić information content (AvgIpc) is 2.75. The Morgan fingerprint density at radius 3 is 2.67 bits per heavy atom. The molecule has 9 nitrogen and oxygen atoms in total. The minimum atomic E-state index is -1.17. The fourth-order valence-electron chi connectivity index (χ4n) is 1.50. The number of H-pyrrole nitrogens is 1. The van der Waals surface area contributed by atoms with Crippen LogP contribution in [0, 0.1) is 0 Å². The van der Waals surface area contributed by atoms with Gasteiger partial charge in [-0.3, -0.25) is 13.9 Å². The number of aromatic amines is 1. The summed E-state index contributed by atoms with van der Waals surface area (Å²) in [5.74, 6) is -1.17. The molecule has 0 amide bonds. The number of nitrogens with one attached hydrogen (secondary N) is 1. The number of carboxylic acid groups (broad SMARTS) is 1. The van der Waals surface area contributed by atoms with Crippen LogP contribution in [0.2, 0.25) is 0 Å². The zero-order valence-electron chi connectivity index (χ0n) is 9.63. The summed E-state index contributed by atoms with van der Waals surface area (Å²) in [5, 5.41) is 8.46. The van der Waals surface area contributed by atoms with Gasteiger partial charge in [-0.25, -0.2) is 9.59 Å². The first-order valence-electron chi connectivity index (χ1n) is 4.92. The first-order chi connectivity index (χ1) is 8.41. The number of hydrogen-bond donors (Lipinski definition) is 2. The van der Waals surface area contributed by atoms with Crippen LogP contribution in [0.3, 0.4) is 0 Å². The Balaban J connectivity index is 2.61. The summed E-state index contributed by atoms with van der Waals surface area (Å²) < 4.78 is 6.90. The Kier molecular flexibility index (Phi) is 2.66. The van der Waals surface area contributed by atoms with Crippen LogP contribution < -0.4 is 16.0 Å². The molecular formula is C9H10N4O5. The third-order valence-corrected chi connectivity index (χ3v) is 2.41. The summed E-state index contributed by atoms with van der Waals surface area (Å²) in [7, 11) is 2.79.